The molecule has 2 unspecified atom stereocenters. The first kappa shape index (κ1) is 13.5. The van der Waals surface area contributed by atoms with Crippen molar-refractivity contribution in [3.8, 4) is 0 Å². The second kappa shape index (κ2) is 6.33. The van der Waals surface area contributed by atoms with Gasteiger partial charge in [0.1, 0.15) is 6.04 Å². The summed E-state index contributed by atoms with van der Waals surface area (Å²) in [5.74, 6) is 0.623. The summed E-state index contributed by atoms with van der Waals surface area (Å²) >= 11 is 0. The zero-order valence-corrected chi connectivity index (χ0v) is 11.5. The Labute approximate surface area is 119 Å². The molecule has 20 heavy (non-hydrogen) atoms. The molecule has 2 fully saturated rings. The SMILES string of the molecule is O=C(OCCCc1cccnc1)C1CC(C2CC2)NN1. The maximum Gasteiger partial charge on any atom is 0.324 e. The minimum atomic E-state index is -0.181. The van der Waals surface area contributed by atoms with Crippen molar-refractivity contribution in [1.29, 1.82) is 0 Å². The molecule has 108 valence electrons. The van der Waals surface area contributed by atoms with Crippen LogP contribution < -0.4 is 10.9 Å². The Balaban J connectivity index is 1.33. The maximum absolute atomic E-state index is 11.9. The minimum absolute atomic E-state index is 0.133. The zero-order chi connectivity index (χ0) is 13.8. The fraction of sp³-hybridized carbons (Fsp3) is 0.600. The highest BCUT2D eigenvalue weighted by molar-refractivity contribution is 5.76. The molecular formula is C15H21N3O2. The Morgan fingerprint density at radius 2 is 2.30 bits per heavy atom. The van der Waals surface area contributed by atoms with Gasteiger partial charge in [-0.1, -0.05) is 6.07 Å². The molecular weight excluding hydrogens is 254 g/mol. The molecule has 5 nitrogen and oxygen atoms in total. The molecule has 1 saturated heterocycles. The van der Waals surface area contributed by atoms with Gasteiger partial charge in [0.25, 0.3) is 0 Å². The monoisotopic (exact) mass is 275 g/mol. The lowest BCUT2D eigenvalue weighted by Gasteiger charge is -2.09. The van der Waals surface area contributed by atoms with Gasteiger partial charge in [-0.25, -0.2) is 5.43 Å². The van der Waals surface area contributed by atoms with Crippen molar-refractivity contribution in [1.82, 2.24) is 15.8 Å². The van der Waals surface area contributed by atoms with Crippen molar-refractivity contribution in [2.75, 3.05) is 6.61 Å². The number of ether oxygens (including phenoxy) is 1. The molecule has 2 aliphatic rings. The molecule has 1 aliphatic carbocycles. The summed E-state index contributed by atoms with van der Waals surface area (Å²) in [6.07, 6.45) is 8.76. The van der Waals surface area contributed by atoms with Crippen molar-refractivity contribution in [3.05, 3.63) is 30.1 Å². The number of pyridine rings is 1. The zero-order valence-electron chi connectivity index (χ0n) is 11.5. The van der Waals surface area contributed by atoms with Gasteiger partial charge in [-0.15, -0.1) is 0 Å². The summed E-state index contributed by atoms with van der Waals surface area (Å²) in [6.45, 7) is 0.472. The van der Waals surface area contributed by atoms with Crippen LogP contribution in [0.1, 0.15) is 31.2 Å². The molecule has 2 atom stereocenters. The van der Waals surface area contributed by atoms with E-state index in [2.05, 4.69) is 15.8 Å². The highest BCUT2D eigenvalue weighted by atomic mass is 16.5. The van der Waals surface area contributed by atoms with E-state index in [9.17, 15) is 4.79 Å². The Morgan fingerprint density at radius 1 is 1.40 bits per heavy atom. The Kier molecular flexibility index (Phi) is 4.28. The first-order valence-corrected chi connectivity index (χ1v) is 7.39. The number of carbonyl (C=O) groups is 1. The average Bonchev–Trinajstić information content (AvgIpc) is 3.22. The first-order valence-electron chi connectivity index (χ1n) is 7.39. The summed E-state index contributed by atoms with van der Waals surface area (Å²) in [4.78, 5) is 16.0. The van der Waals surface area contributed by atoms with Crippen LogP contribution in [-0.4, -0.2) is 29.6 Å². The number of rotatable bonds is 6. The third-order valence-corrected chi connectivity index (χ3v) is 3.99. The predicted octanol–water partition coefficient (Wildman–Crippen LogP) is 1.20. The maximum atomic E-state index is 11.9. The standard InChI is InChI=1S/C15H21N3O2/c19-15(14-9-13(17-18-14)12-5-6-12)20-8-2-4-11-3-1-7-16-10-11/h1,3,7,10,12-14,17-18H,2,4-6,8-9H2. The number of nitrogens with one attached hydrogen (secondary N) is 2. The van der Waals surface area contributed by atoms with E-state index in [-0.39, 0.29) is 12.0 Å². The molecule has 2 heterocycles. The summed E-state index contributed by atoms with van der Waals surface area (Å²) < 4.78 is 5.33. The van der Waals surface area contributed by atoms with Crippen LogP contribution in [0.4, 0.5) is 0 Å². The van der Waals surface area contributed by atoms with Gasteiger partial charge in [0, 0.05) is 18.4 Å². The molecule has 5 heteroatoms. The summed E-state index contributed by atoms with van der Waals surface area (Å²) in [5, 5.41) is 0. The smallest absolute Gasteiger partial charge is 0.324 e. The first-order chi connectivity index (χ1) is 9.83. The average molecular weight is 275 g/mol. The van der Waals surface area contributed by atoms with E-state index in [1.807, 2.05) is 18.3 Å². The van der Waals surface area contributed by atoms with Crippen molar-refractivity contribution in [2.45, 2.75) is 44.2 Å². The normalized spacial score (nSPS) is 25.6. The largest absolute Gasteiger partial charge is 0.464 e. The summed E-state index contributed by atoms with van der Waals surface area (Å²) in [5.41, 5.74) is 7.44. The molecule has 0 radical (unpaired) electrons. The quantitative estimate of drug-likeness (QED) is 0.603. The number of hydrazine groups is 1. The molecule has 3 rings (SSSR count). The third kappa shape index (κ3) is 3.55. The van der Waals surface area contributed by atoms with Gasteiger partial charge in [-0.3, -0.25) is 15.2 Å². The van der Waals surface area contributed by atoms with Gasteiger partial charge in [0.15, 0.2) is 0 Å². The molecule has 0 aromatic carbocycles. The number of nitrogens with zero attached hydrogens (tertiary/aromatic N) is 1. The number of carbonyl (C=O) groups excluding carboxylic acids is 1. The molecule has 1 aliphatic heterocycles. The third-order valence-electron chi connectivity index (χ3n) is 3.99. The molecule has 1 aromatic heterocycles. The number of aryl methyl sites for hydroxylation is 1. The van der Waals surface area contributed by atoms with Gasteiger partial charge in [-0.05, 0) is 49.7 Å². The van der Waals surface area contributed by atoms with Gasteiger partial charge in [0.05, 0.1) is 6.61 Å². The van der Waals surface area contributed by atoms with E-state index in [0.29, 0.717) is 12.6 Å². The summed E-state index contributed by atoms with van der Waals surface area (Å²) in [7, 11) is 0. The molecule has 0 bridgehead atoms. The molecule has 1 aromatic rings. The highest BCUT2D eigenvalue weighted by Gasteiger charge is 2.39. The Hall–Kier alpha value is -1.46. The molecule has 0 amide bonds. The number of hydrogen-bond acceptors (Lipinski definition) is 5. The van der Waals surface area contributed by atoms with E-state index in [0.717, 1.165) is 25.2 Å². The van der Waals surface area contributed by atoms with Gasteiger partial charge in [-0.2, -0.15) is 0 Å². The van der Waals surface area contributed by atoms with E-state index in [1.54, 1.807) is 6.20 Å². The number of aromatic nitrogens is 1. The van der Waals surface area contributed by atoms with Crippen molar-refractivity contribution in [2.24, 2.45) is 5.92 Å². The van der Waals surface area contributed by atoms with Crippen LogP contribution in [0.2, 0.25) is 0 Å². The van der Waals surface area contributed by atoms with Crippen LogP contribution in [0.25, 0.3) is 0 Å². The molecule has 0 spiro atoms. The van der Waals surface area contributed by atoms with Crippen LogP contribution in [-0.2, 0) is 16.0 Å². The number of esters is 1. The van der Waals surface area contributed by atoms with E-state index >= 15 is 0 Å². The lowest BCUT2D eigenvalue weighted by Crippen LogP contribution is -2.38. The Bertz CT molecular complexity index is 448. The molecule has 2 N–H and O–H groups in total. The van der Waals surface area contributed by atoms with Crippen molar-refractivity contribution < 1.29 is 9.53 Å². The lowest BCUT2D eigenvalue weighted by molar-refractivity contribution is -0.146. The lowest BCUT2D eigenvalue weighted by atomic mass is 10.1. The topological polar surface area (TPSA) is 63.2 Å². The number of hydrogen-bond donors (Lipinski definition) is 2. The second-order valence-corrected chi connectivity index (χ2v) is 5.65. The fourth-order valence-electron chi connectivity index (χ4n) is 2.64. The van der Waals surface area contributed by atoms with Crippen LogP contribution in [0.3, 0.4) is 0 Å². The van der Waals surface area contributed by atoms with E-state index < -0.39 is 0 Å². The van der Waals surface area contributed by atoms with Crippen LogP contribution in [0.15, 0.2) is 24.5 Å². The minimum Gasteiger partial charge on any atom is -0.464 e. The summed E-state index contributed by atoms with van der Waals surface area (Å²) in [6, 6.07) is 4.23. The van der Waals surface area contributed by atoms with Crippen LogP contribution in [0.5, 0.6) is 0 Å². The van der Waals surface area contributed by atoms with Gasteiger partial charge in [0.2, 0.25) is 0 Å². The van der Waals surface area contributed by atoms with E-state index in [4.69, 9.17) is 4.74 Å². The van der Waals surface area contributed by atoms with E-state index in [1.165, 1.54) is 18.4 Å². The highest BCUT2D eigenvalue weighted by Crippen LogP contribution is 2.35. The van der Waals surface area contributed by atoms with Crippen molar-refractivity contribution >= 4 is 5.97 Å². The van der Waals surface area contributed by atoms with Gasteiger partial charge >= 0.3 is 5.97 Å². The Morgan fingerprint density at radius 3 is 3.05 bits per heavy atom. The fourth-order valence-corrected chi connectivity index (χ4v) is 2.64. The predicted molar refractivity (Wildman–Crippen MR) is 74.7 cm³/mol. The van der Waals surface area contributed by atoms with Crippen molar-refractivity contribution in [3.63, 3.8) is 0 Å². The second-order valence-electron chi connectivity index (χ2n) is 5.65. The van der Waals surface area contributed by atoms with Crippen LogP contribution in [0, 0.1) is 5.92 Å². The molecule has 1 saturated carbocycles. The van der Waals surface area contributed by atoms with Gasteiger partial charge < -0.3 is 4.74 Å². The van der Waals surface area contributed by atoms with Crippen LogP contribution >= 0.6 is 0 Å².